The third-order valence-corrected chi connectivity index (χ3v) is 1.89. The summed E-state index contributed by atoms with van der Waals surface area (Å²) >= 11 is 0. The average molecular weight is 196 g/mol. The molecule has 0 aromatic rings. The van der Waals surface area contributed by atoms with Gasteiger partial charge < -0.3 is 6.15 Å². The van der Waals surface area contributed by atoms with E-state index in [2.05, 4.69) is 20.8 Å². The average Bonchev–Trinajstić information content (AvgIpc) is 1.87. The van der Waals surface area contributed by atoms with E-state index in [0.29, 0.717) is 0 Å². The topological polar surface area (TPSA) is 35.0 Å². The van der Waals surface area contributed by atoms with Crippen molar-refractivity contribution in [2.75, 3.05) is 0 Å². The van der Waals surface area contributed by atoms with Crippen LogP contribution in [0, 0.1) is 5.92 Å². The fourth-order valence-corrected chi connectivity index (χ4v) is 1.16. The molecular formula is C10H26ClN. The van der Waals surface area contributed by atoms with Crippen LogP contribution in [0.5, 0.6) is 0 Å². The van der Waals surface area contributed by atoms with Gasteiger partial charge in [0.2, 0.25) is 0 Å². The number of hydrogen-bond donors (Lipinski definition) is 1. The van der Waals surface area contributed by atoms with Crippen molar-refractivity contribution in [3.05, 3.63) is 0 Å². The van der Waals surface area contributed by atoms with Gasteiger partial charge in [0, 0.05) is 0 Å². The van der Waals surface area contributed by atoms with Crippen molar-refractivity contribution in [1.82, 2.24) is 6.15 Å². The van der Waals surface area contributed by atoms with Crippen LogP contribution in [-0.2, 0) is 0 Å². The third-order valence-electron chi connectivity index (χ3n) is 1.89. The zero-order valence-electron chi connectivity index (χ0n) is 8.94. The van der Waals surface area contributed by atoms with Crippen LogP contribution in [0.25, 0.3) is 0 Å². The van der Waals surface area contributed by atoms with Gasteiger partial charge >= 0.3 is 0 Å². The zero-order valence-corrected chi connectivity index (χ0v) is 9.75. The molecule has 3 N–H and O–H groups in total. The van der Waals surface area contributed by atoms with Gasteiger partial charge in [-0.25, -0.2) is 0 Å². The maximum absolute atomic E-state index is 2.31. The van der Waals surface area contributed by atoms with Gasteiger partial charge in [-0.05, 0) is 5.92 Å². The van der Waals surface area contributed by atoms with E-state index >= 15 is 0 Å². The van der Waals surface area contributed by atoms with Gasteiger partial charge in [0.15, 0.2) is 0 Å². The highest BCUT2D eigenvalue weighted by Crippen LogP contribution is 2.09. The summed E-state index contributed by atoms with van der Waals surface area (Å²) in [5, 5.41) is 0. The van der Waals surface area contributed by atoms with E-state index in [1.807, 2.05) is 0 Å². The molecule has 0 heterocycles. The largest absolute Gasteiger partial charge is 0.344 e. The van der Waals surface area contributed by atoms with Crippen LogP contribution in [0.3, 0.4) is 0 Å². The Hall–Kier alpha value is 0.250. The second-order valence-corrected chi connectivity index (χ2v) is 3.60. The molecule has 0 amide bonds. The van der Waals surface area contributed by atoms with Crippen molar-refractivity contribution < 1.29 is 0 Å². The molecule has 1 nitrogen and oxygen atoms in total. The van der Waals surface area contributed by atoms with Crippen molar-refractivity contribution in [1.29, 1.82) is 0 Å². The predicted molar refractivity (Wildman–Crippen MR) is 60.5 cm³/mol. The molecule has 0 aromatic heterocycles. The molecule has 2 heteroatoms. The van der Waals surface area contributed by atoms with Crippen LogP contribution in [0.15, 0.2) is 0 Å². The van der Waals surface area contributed by atoms with Gasteiger partial charge in [-0.1, -0.05) is 59.3 Å². The third kappa shape index (κ3) is 16.7. The highest BCUT2D eigenvalue weighted by molar-refractivity contribution is 5.85. The first-order chi connectivity index (χ1) is 4.77. The molecule has 12 heavy (non-hydrogen) atoms. The lowest BCUT2D eigenvalue weighted by atomic mass is 10.0. The van der Waals surface area contributed by atoms with Crippen LogP contribution in [-0.4, -0.2) is 0 Å². The molecule has 0 atom stereocenters. The molecular weight excluding hydrogens is 170 g/mol. The van der Waals surface area contributed by atoms with Crippen molar-refractivity contribution in [3.63, 3.8) is 0 Å². The summed E-state index contributed by atoms with van der Waals surface area (Å²) in [5.74, 6) is 0.904. The Kier molecular flexibility index (Phi) is 20.9. The molecule has 0 saturated carbocycles. The van der Waals surface area contributed by atoms with Gasteiger partial charge in [-0.2, -0.15) is 0 Å². The summed E-state index contributed by atoms with van der Waals surface area (Å²) in [6, 6.07) is 0. The first kappa shape index (κ1) is 18.1. The summed E-state index contributed by atoms with van der Waals surface area (Å²) in [5.41, 5.74) is 0. The minimum atomic E-state index is 0. The minimum absolute atomic E-state index is 0. The van der Waals surface area contributed by atoms with E-state index in [0.717, 1.165) is 5.92 Å². The first-order valence-electron chi connectivity index (χ1n) is 4.77. The Balaban J connectivity index is -0.000000405. The monoisotopic (exact) mass is 195 g/mol. The van der Waals surface area contributed by atoms with Crippen molar-refractivity contribution >= 4 is 12.4 Å². The van der Waals surface area contributed by atoms with E-state index in [1.165, 1.54) is 38.5 Å². The van der Waals surface area contributed by atoms with Gasteiger partial charge in [0.1, 0.15) is 0 Å². The van der Waals surface area contributed by atoms with E-state index in [-0.39, 0.29) is 18.6 Å². The number of hydrogen-bond acceptors (Lipinski definition) is 1. The highest BCUT2D eigenvalue weighted by Gasteiger charge is 1.92. The summed E-state index contributed by atoms with van der Waals surface area (Å²) in [4.78, 5) is 0. The standard InChI is InChI=1S/C10H22.ClH.H3N/c1-4-5-6-7-8-9-10(2)3;;/h10H,4-9H2,1-3H3;1H;1H3. The molecule has 0 rings (SSSR count). The van der Waals surface area contributed by atoms with Gasteiger partial charge in [0.05, 0.1) is 0 Å². The van der Waals surface area contributed by atoms with Crippen LogP contribution < -0.4 is 6.15 Å². The zero-order chi connectivity index (χ0) is 7.82. The molecule has 0 aliphatic rings. The lowest BCUT2D eigenvalue weighted by Crippen LogP contribution is -1.86. The summed E-state index contributed by atoms with van der Waals surface area (Å²) in [6.07, 6.45) is 8.55. The minimum Gasteiger partial charge on any atom is -0.344 e. The van der Waals surface area contributed by atoms with Gasteiger partial charge in [0.25, 0.3) is 0 Å². The second-order valence-electron chi connectivity index (χ2n) is 3.60. The molecule has 78 valence electrons. The fraction of sp³-hybridized carbons (Fsp3) is 1.00. The molecule has 0 fully saturated rings. The summed E-state index contributed by atoms with van der Waals surface area (Å²) < 4.78 is 0. The smallest absolute Gasteiger partial charge is 0.0471 e. The maximum atomic E-state index is 2.31. The first-order valence-corrected chi connectivity index (χ1v) is 4.77. The van der Waals surface area contributed by atoms with Crippen LogP contribution in [0.4, 0.5) is 0 Å². The Morgan fingerprint density at radius 2 is 1.42 bits per heavy atom. The number of rotatable bonds is 6. The number of halogens is 1. The molecule has 0 spiro atoms. The van der Waals surface area contributed by atoms with Crippen LogP contribution in [0.2, 0.25) is 0 Å². The van der Waals surface area contributed by atoms with E-state index in [1.54, 1.807) is 0 Å². The quantitative estimate of drug-likeness (QED) is 0.619. The van der Waals surface area contributed by atoms with Gasteiger partial charge in [-0.3, -0.25) is 0 Å². The molecule has 0 aliphatic heterocycles. The molecule has 0 aliphatic carbocycles. The highest BCUT2D eigenvalue weighted by atomic mass is 35.5. The van der Waals surface area contributed by atoms with E-state index in [9.17, 15) is 0 Å². The fourth-order valence-electron chi connectivity index (χ4n) is 1.16. The summed E-state index contributed by atoms with van der Waals surface area (Å²) in [7, 11) is 0. The molecule has 0 unspecified atom stereocenters. The Morgan fingerprint density at radius 3 is 1.83 bits per heavy atom. The van der Waals surface area contributed by atoms with Gasteiger partial charge in [-0.15, -0.1) is 12.4 Å². The lowest BCUT2D eigenvalue weighted by molar-refractivity contribution is 0.518. The summed E-state index contributed by atoms with van der Waals surface area (Å²) in [6.45, 7) is 6.88. The lowest BCUT2D eigenvalue weighted by Gasteiger charge is -2.02. The van der Waals surface area contributed by atoms with Crippen LogP contribution >= 0.6 is 12.4 Å². The SMILES string of the molecule is CCCCCCCC(C)C.Cl.N. The van der Waals surface area contributed by atoms with E-state index < -0.39 is 0 Å². The predicted octanol–water partition coefficient (Wildman–Crippen LogP) is 4.59. The second kappa shape index (κ2) is 13.8. The molecule has 0 saturated heterocycles. The number of unbranched alkanes of at least 4 members (excludes halogenated alkanes) is 4. The molecule has 0 bridgehead atoms. The Bertz CT molecular complexity index is 64.9. The molecule has 0 aromatic carbocycles. The van der Waals surface area contributed by atoms with Crippen LogP contribution in [0.1, 0.15) is 59.3 Å². The van der Waals surface area contributed by atoms with Crippen molar-refractivity contribution in [2.45, 2.75) is 59.3 Å². The normalized spacial score (nSPS) is 9.00. The Labute approximate surface area is 84.3 Å². The molecule has 0 radical (unpaired) electrons. The van der Waals surface area contributed by atoms with E-state index in [4.69, 9.17) is 0 Å². The Morgan fingerprint density at radius 1 is 0.917 bits per heavy atom. The maximum Gasteiger partial charge on any atom is -0.0471 e. The van der Waals surface area contributed by atoms with Crippen molar-refractivity contribution in [2.24, 2.45) is 5.92 Å². The van der Waals surface area contributed by atoms with Crippen molar-refractivity contribution in [3.8, 4) is 0 Å².